The lowest BCUT2D eigenvalue weighted by atomic mass is 9.81. The molecule has 17 nitrogen and oxygen atoms in total. The first-order valence-electron chi connectivity index (χ1n) is 21.9. The maximum Gasteiger partial charge on any atom is 0.490 e. The molecule has 2 saturated carbocycles. The molecule has 0 radical (unpaired) electrons. The van der Waals surface area contributed by atoms with E-state index in [0.29, 0.717) is 61.0 Å². The number of carboxylic acid groups (broad SMARTS) is 1. The number of pyridine rings is 1. The van der Waals surface area contributed by atoms with Crippen molar-refractivity contribution in [1.29, 1.82) is 0 Å². The molecule has 2 aliphatic carbocycles. The van der Waals surface area contributed by atoms with Gasteiger partial charge in [-0.05, 0) is 152 Å². The van der Waals surface area contributed by atoms with Gasteiger partial charge in [-0.15, -0.1) is 10.2 Å². The van der Waals surface area contributed by atoms with E-state index in [4.69, 9.17) is 20.4 Å². The third-order valence-electron chi connectivity index (χ3n) is 11.7. The molecule has 20 heteroatoms. The SMILES string of the molecule is Cc1nc(C(=O)NC2CCC(N(C)C)CC2)ccc1-c1ccc(C[C@H](N)C(=O)N(c2ccc(-c3nn[nH]n3)cc2)C(=O)[C@H]2CC[C@H](CNC(=O)OC(C)(C)C)CC2)cc1.O=C(O)C(F)(F)F. The molecule has 2 heterocycles. The van der Waals surface area contributed by atoms with Crippen LogP contribution in [0.2, 0.25) is 0 Å². The summed E-state index contributed by atoms with van der Waals surface area (Å²) in [5.41, 5.74) is 10.9. The monoisotopic (exact) mass is 920 g/mol. The third kappa shape index (κ3) is 14.4. The standard InChI is InChI=1S/C44H58N10O5.C2HF3O2/c1-27-36(23-24-38(47-27)40(55)48-33-17-21-34(22-18-33)53(5)6)30-11-7-28(8-12-30)25-37(45)42(57)54(35-19-15-31(16-20-35)39-49-51-52-50-39)41(56)32-13-9-29(10-14-32)26-46-43(58)59-44(2,3)4;3-2(4,5)1(6)7/h7-8,11-12,15-16,19-20,23-24,29,32-34,37H,9-10,13-14,17-18,21-22,25-26,45H2,1-6H3,(H,46,58)(H,48,55)(H,49,50,51,52);(H,6,7)/t29-,32-,33?,34?,37-;/m0./s1. The van der Waals surface area contributed by atoms with Crippen molar-refractivity contribution in [2.75, 3.05) is 25.5 Å². The zero-order valence-electron chi connectivity index (χ0n) is 38.0. The number of anilines is 1. The molecule has 4 aromatic rings. The Morgan fingerprint density at radius 2 is 1.48 bits per heavy atom. The maximum absolute atomic E-state index is 14.3. The summed E-state index contributed by atoms with van der Waals surface area (Å²) in [6.07, 6.45) is 1.26. The fourth-order valence-electron chi connectivity index (χ4n) is 8.06. The summed E-state index contributed by atoms with van der Waals surface area (Å²) >= 11 is 0. The summed E-state index contributed by atoms with van der Waals surface area (Å²) in [5, 5.41) is 27.3. The first-order chi connectivity index (χ1) is 31.1. The fourth-order valence-corrected chi connectivity index (χ4v) is 8.06. The Labute approximate surface area is 381 Å². The van der Waals surface area contributed by atoms with Crippen molar-refractivity contribution in [2.24, 2.45) is 17.6 Å². The van der Waals surface area contributed by atoms with Gasteiger partial charge in [0.1, 0.15) is 11.3 Å². The molecule has 0 aliphatic heterocycles. The second-order valence-electron chi connectivity index (χ2n) is 18.0. The van der Waals surface area contributed by atoms with Gasteiger partial charge in [-0.25, -0.2) is 19.5 Å². The minimum Gasteiger partial charge on any atom is -0.475 e. The van der Waals surface area contributed by atoms with E-state index >= 15 is 0 Å². The van der Waals surface area contributed by atoms with Crippen molar-refractivity contribution in [3.05, 3.63) is 77.6 Å². The van der Waals surface area contributed by atoms with Crippen molar-refractivity contribution in [2.45, 2.75) is 115 Å². The number of rotatable bonds is 12. The first kappa shape index (κ1) is 50.7. The highest BCUT2D eigenvalue weighted by molar-refractivity contribution is 6.17. The van der Waals surface area contributed by atoms with Gasteiger partial charge in [0, 0.05) is 41.4 Å². The van der Waals surface area contributed by atoms with Gasteiger partial charge in [0.25, 0.3) is 11.8 Å². The summed E-state index contributed by atoms with van der Waals surface area (Å²) in [6, 6.07) is 18.0. The van der Waals surface area contributed by atoms with E-state index < -0.39 is 41.7 Å². The average molecular weight is 921 g/mol. The summed E-state index contributed by atoms with van der Waals surface area (Å²) in [6.45, 7) is 7.80. The number of imide groups is 1. The number of carboxylic acids is 1. The number of carbonyl (C=O) groups excluding carboxylic acids is 4. The molecule has 1 atom stereocenters. The van der Waals surface area contributed by atoms with Crippen LogP contribution >= 0.6 is 0 Å². The molecule has 6 rings (SSSR count). The molecule has 2 fully saturated rings. The number of nitrogens with zero attached hydrogens (tertiary/aromatic N) is 6. The van der Waals surface area contributed by atoms with E-state index in [9.17, 15) is 32.3 Å². The van der Waals surface area contributed by atoms with E-state index in [1.54, 1.807) is 30.3 Å². The van der Waals surface area contributed by atoms with Gasteiger partial charge in [-0.3, -0.25) is 14.4 Å². The van der Waals surface area contributed by atoms with Crippen LogP contribution in [0.4, 0.5) is 23.7 Å². The zero-order valence-corrected chi connectivity index (χ0v) is 38.0. The number of H-pyrrole nitrogens is 1. The number of carbonyl (C=O) groups is 5. The zero-order chi connectivity index (χ0) is 48.3. The molecular formula is C46H59F3N10O7. The fraction of sp³-hybridized carbons (Fsp3) is 0.500. The van der Waals surface area contributed by atoms with Gasteiger partial charge in [0.2, 0.25) is 11.7 Å². The highest BCUT2D eigenvalue weighted by atomic mass is 19.4. The Hall–Kier alpha value is -6.28. The van der Waals surface area contributed by atoms with Crippen molar-refractivity contribution in [1.82, 2.24) is 41.1 Å². The molecular weight excluding hydrogens is 862 g/mol. The molecule has 2 aromatic carbocycles. The molecule has 2 aliphatic rings. The van der Waals surface area contributed by atoms with Crippen LogP contribution in [-0.2, 0) is 25.5 Å². The van der Waals surface area contributed by atoms with Gasteiger partial charge in [0.05, 0.1) is 11.7 Å². The lowest BCUT2D eigenvalue weighted by Gasteiger charge is -2.32. The predicted molar refractivity (Wildman–Crippen MR) is 239 cm³/mol. The van der Waals surface area contributed by atoms with Crippen LogP contribution < -0.4 is 21.3 Å². The number of nitrogens with two attached hydrogens (primary N) is 1. The quantitative estimate of drug-likeness (QED) is 0.106. The number of halogens is 3. The Bertz CT molecular complexity index is 2270. The number of benzene rings is 2. The van der Waals surface area contributed by atoms with Crippen LogP contribution in [0.1, 0.15) is 93.9 Å². The summed E-state index contributed by atoms with van der Waals surface area (Å²) in [4.78, 5) is 70.8. The maximum atomic E-state index is 14.3. The average Bonchev–Trinajstić information content (AvgIpc) is 3.81. The van der Waals surface area contributed by atoms with Crippen LogP contribution in [0.5, 0.6) is 0 Å². The molecule has 0 bridgehead atoms. The molecule has 0 saturated heterocycles. The molecule has 6 N–H and O–H groups in total. The van der Waals surface area contributed by atoms with Crippen molar-refractivity contribution >= 4 is 35.5 Å². The van der Waals surface area contributed by atoms with Crippen molar-refractivity contribution < 1.29 is 47.0 Å². The number of hydrogen-bond donors (Lipinski definition) is 5. The number of nitrogens with one attached hydrogen (secondary N) is 3. The number of hydrogen-bond acceptors (Lipinski definition) is 12. The number of alkyl carbamates (subject to hydrolysis) is 1. The summed E-state index contributed by atoms with van der Waals surface area (Å²) in [7, 11) is 4.21. The topological polar surface area (TPSA) is 239 Å². The molecule has 66 heavy (non-hydrogen) atoms. The van der Waals surface area contributed by atoms with Crippen molar-refractivity contribution in [3.63, 3.8) is 0 Å². The van der Waals surface area contributed by atoms with Gasteiger partial charge in [-0.2, -0.15) is 18.4 Å². The van der Waals surface area contributed by atoms with E-state index in [-0.39, 0.29) is 30.2 Å². The van der Waals surface area contributed by atoms with Gasteiger partial charge in [-0.1, -0.05) is 30.3 Å². The van der Waals surface area contributed by atoms with Crippen LogP contribution in [0, 0.1) is 18.8 Å². The summed E-state index contributed by atoms with van der Waals surface area (Å²) in [5.74, 6) is -3.53. The van der Waals surface area contributed by atoms with Gasteiger partial charge in [0.15, 0.2) is 0 Å². The number of ether oxygens (including phenoxy) is 1. The van der Waals surface area contributed by atoms with Gasteiger partial charge >= 0.3 is 18.2 Å². The highest BCUT2D eigenvalue weighted by Crippen LogP contribution is 2.33. The van der Waals surface area contributed by atoms with E-state index in [1.807, 2.05) is 58.0 Å². The van der Waals surface area contributed by atoms with Crippen LogP contribution in [0.3, 0.4) is 0 Å². The summed E-state index contributed by atoms with van der Waals surface area (Å²) < 4.78 is 37.1. The first-order valence-corrected chi connectivity index (χ1v) is 21.9. The Kier molecular flexibility index (Phi) is 17.1. The van der Waals surface area contributed by atoms with E-state index in [1.165, 1.54) is 4.90 Å². The number of aromatic amines is 1. The second kappa shape index (κ2) is 22.3. The van der Waals surface area contributed by atoms with Crippen LogP contribution in [0.15, 0.2) is 60.7 Å². The predicted octanol–water partition coefficient (Wildman–Crippen LogP) is 6.23. The smallest absolute Gasteiger partial charge is 0.475 e. The Balaban J connectivity index is 0.00000108. The van der Waals surface area contributed by atoms with E-state index in [0.717, 1.165) is 48.1 Å². The normalized spacial score (nSPS) is 19.1. The minimum absolute atomic E-state index is 0.154. The third-order valence-corrected chi connectivity index (χ3v) is 11.7. The second-order valence-corrected chi connectivity index (χ2v) is 18.0. The molecule has 2 aromatic heterocycles. The minimum atomic E-state index is -5.08. The molecule has 0 unspecified atom stereocenters. The Morgan fingerprint density at radius 1 is 0.879 bits per heavy atom. The number of amides is 4. The number of alkyl halides is 3. The number of aliphatic carboxylic acids is 1. The molecule has 356 valence electrons. The molecule has 4 amide bonds. The lowest BCUT2D eigenvalue weighted by molar-refractivity contribution is -0.192. The largest absolute Gasteiger partial charge is 0.490 e. The number of aryl methyl sites for hydroxylation is 1. The van der Waals surface area contributed by atoms with Crippen LogP contribution in [0.25, 0.3) is 22.5 Å². The number of aromatic nitrogens is 5. The molecule has 0 spiro atoms. The Morgan fingerprint density at radius 3 is 2.02 bits per heavy atom. The van der Waals surface area contributed by atoms with Gasteiger partial charge < -0.3 is 31.1 Å². The van der Waals surface area contributed by atoms with E-state index in [2.05, 4.69) is 55.2 Å². The van der Waals surface area contributed by atoms with Crippen LogP contribution in [-0.4, -0.2) is 116 Å². The highest BCUT2D eigenvalue weighted by Gasteiger charge is 2.38. The van der Waals surface area contributed by atoms with Crippen molar-refractivity contribution in [3.8, 4) is 22.5 Å². The number of tetrazole rings is 1. The lowest BCUT2D eigenvalue weighted by Crippen LogP contribution is -2.50.